The van der Waals surface area contributed by atoms with E-state index in [0.717, 1.165) is 29.2 Å². The number of nitrogens with zero attached hydrogens (tertiary/aromatic N) is 1. The molecule has 0 saturated carbocycles. The minimum Gasteiger partial charge on any atom is -0.478 e. The van der Waals surface area contributed by atoms with Gasteiger partial charge in [-0.3, -0.25) is 10.1 Å². The predicted molar refractivity (Wildman–Crippen MR) is 150 cm³/mol. The summed E-state index contributed by atoms with van der Waals surface area (Å²) in [5.74, 6) is -1.12. The molecule has 0 spiro atoms. The molecule has 2 rings (SSSR count). The lowest BCUT2D eigenvalue weighted by molar-refractivity contribution is -0.134. The van der Waals surface area contributed by atoms with Crippen molar-refractivity contribution >= 4 is 22.6 Å². The van der Waals surface area contributed by atoms with Gasteiger partial charge in [0, 0.05) is 17.5 Å². The molecular weight excluding hydrogens is 466 g/mol. The van der Waals surface area contributed by atoms with Crippen molar-refractivity contribution in [3.8, 4) is 0 Å². The fourth-order valence-corrected chi connectivity index (χ4v) is 4.83. The van der Waals surface area contributed by atoms with E-state index >= 15 is 0 Å². The predicted octanol–water partition coefficient (Wildman–Crippen LogP) is 4.30. The van der Waals surface area contributed by atoms with Crippen molar-refractivity contribution in [3.05, 3.63) is 59.7 Å². The Labute approximate surface area is 221 Å². The van der Waals surface area contributed by atoms with Gasteiger partial charge in [0.2, 0.25) is 5.91 Å². The second kappa shape index (κ2) is 13.7. The molecule has 1 amide bonds. The summed E-state index contributed by atoms with van der Waals surface area (Å²) >= 11 is 0. The molecule has 37 heavy (non-hydrogen) atoms. The number of aliphatic hydroxyl groups excluding tert-OH is 1. The van der Waals surface area contributed by atoms with Crippen molar-refractivity contribution in [2.45, 2.75) is 78.1 Å². The maximum atomic E-state index is 13.4. The quantitative estimate of drug-likeness (QED) is 0.223. The third-order valence-electron chi connectivity index (χ3n) is 7.23. The van der Waals surface area contributed by atoms with E-state index in [-0.39, 0.29) is 36.0 Å². The monoisotopic (exact) mass is 511 g/mol. The van der Waals surface area contributed by atoms with Crippen molar-refractivity contribution in [1.82, 2.24) is 15.5 Å². The molecule has 0 bridgehead atoms. The number of carbonyl (C=O) groups excluding carboxylic acids is 1. The van der Waals surface area contributed by atoms with Crippen LogP contribution in [-0.2, 0) is 15.0 Å². The Bertz CT molecular complexity index is 1080. The van der Waals surface area contributed by atoms with E-state index in [9.17, 15) is 19.8 Å². The molecule has 7 nitrogen and oxygen atoms in total. The highest BCUT2D eigenvalue weighted by Crippen LogP contribution is 2.31. The number of hydrogen-bond donors (Lipinski definition) is 4. The van der Waals surface area contributed by atoms with Crippen LogP contribution in [0.3, 0.4) is 0 Å². The molecular formula is C30H45N3O4. The zero-order valence-electron chi connectivity index (χ0n) is 23.4. The van der Waals surface area contributed by atoms with Crippen LogP contribution in [0.25, 0.3) is 10.8 Å². The molecule has 0 saturated heterocycles. The van der Waals surface area contributed by atoms with Gasteiger partial charge in [0.25, 0.3) is 0 Å². The number of aliphatic hydroxyl groups is 1. The number of likely N-dealkylation sites (N-methyl/N-ethyl adjacent to an activating group) is 1. The van der Waals surface area contributed by atoms with Crippen molar-refractivity contribution in [3.63, 3.8) is 0 Å². The van der Waals surface area contributed by atoms with Crippen molar-refractivity contribution in [2.24, 2.45) is 5.92 Å². The normalized spacial score (nSPS) is 15.0. The lowest BCUT2D eigenvalue weighted by Crippen LogP contribution is -2.58. The molecule has 2 aromatic carbocycles. The number of carboxylic acid groups (broad SMARTS) is 1. The molecule has 0 aliphatic rings. The Hall–Kier alpha value is -2.74. The molecule has 0 aromatic heterocycles. The first kappa shape index (κ1) is 30.5. The van der Waals surface area contributed by atoms with Crippen LogP contribution in [0, 0.1) is 5.92 Å². The lowest BCUT2D eigenvalue weighted by atomic mass is 9.76. The van der Waals surface area contributed by atoms with Crippen LogP contribution in [0.1, 0.15) is 59.9 Å². The number of nitrogens with one attached hydrogen (secondary N) is 2. The molecule has 0 aliphatic heterocycles. The number of fused-ring (bicyclic) bond motifs is 1. The number of carbonyl (C=O) groups is 2. The summed E-state index contributed by atoms with van der Waals surface area (Å²) in [5.41, 5.74) is 0.850. The van der Waals surface area contributed by atoms with Gasteiger partial charge in [0.05, 0.1) is 18.6 Å². The molecule has 0 aliphatic carbocycles. The maximum absolute atomic E-state index is 13.4. The molecule has 0 heterocycles. The molecule has 2 unspecified atom stereocenters. The summed E-state index contributed by atoms with van der Waals surface area (Å²) in [6, 6.07) is 13.8. The number of amides is 1. The van der Waals surface area contributed by atoms with E-state index in [1.54, 1.807) is 17.9 Å². The van der Waals surface area contributed by atoms with Crippen LogP contribution < -0.4 is 10.6 Å². The van der Waals surface area contributed by atoms with Crippen LogP contribution in [0.15, 0.2) is 54.1 Å². The molecule has 204 valence electrons. The minimum atomic E-state index is -0.991. The van der Waals surface area contributed by atoms with Gasteiger partial charge in [-0.25, -0.2) is 4.79 Å². The zero-order valence-corrected chi connectivity index (χ0v) is 23.4. The first-order valence-electron chi connectivity index (χ1n) is 13.2. The number of hydrogen-bond acceptors (Lipinski definition) is 5. The molecule has 0 fully saturated rings. The first-order chi connectivity index (χ1) is 17.4. The standard InChI is InChI=1S/C30H45N3O4/c1-8-9-16-33(25(20(2)3)17-21(4)29(36)37)26(34)19-32-28(35)27(31-7)30(5,6)24-15-14-22-12-10-11-13-23(22)18-24/h10-15,17-18,20,25,27-28,31-32,35H,8-9,16,19H2,1-7H3,(H,36,37)/b21-17+/t25?,27-,28?/m1/s1. The highest BCUT2D eigenvalue weighted by molar-refractivity contribution is 5.86. The van der Waals surface area contributed by atoms with Gasteiger partial charge < -0.3 is 20.4 Å². The van der Waals surface area contributed by atoms with Gasteiger partial charge >= 0.3 is 5.97 Å². The van der Waals surface area contributed by atoms with Crippen molar-refractivity contribution in [1.29, 1.82) is 0 Å². The summed E-state index contributed by atoms with van der Waals surface area (Å²) < 4.78 is 0. The van der Waals surface area contributed by atoms with Crippen molar-refractivity contribution < 1.29 is 19.8 Å². The number of benzene rings is 2. The zero-order chi connectivity index (χ0) is 27.8. The average molecular weight is 512 g/mol. The van der Waals surface area contributed by atoms with Crippen LogP contribution in [0.4, 0.5) is 0 Å². The van der Waals surface area contributed by atoms with E-state index in [1.807, 2.05) is 33.0 Å². The van der Waals surface area contributed by atoms with Gasteiger partial charge in [0.15, 0.2) is 0 Å². The summed E-state index contributed by atoms with van der Waals surface area (Å²) in [7, 11) is 1.81. The Balaban J connectivity index is 2.21. The van der Waals surface area contributed by atoms with E-state index in [2.05, 4.69) is 61.7 Å². The van der Waals surface area contributed by atoms with Crippen LogP contribution in [0.2, 0.25) is 0 Å². The Morgan fingerprint density at radius 2 is 1.76 bits per heavy atom. The first-order valence-corrected chi connectivity index (χ1v) is 13.2. The van der Waals surface area contributed by atoms with Crippen LogP contribution in [0.5, 0.6) is 0 Å². The topological polar surface area (TPSA) is 102 Å². The number of aliphatic carboxylic acids is 1. The van der Waals surface area contributed by atoms with Gasteiger partial charge in [-0.2, -0.15) is 0 Å². The lowest BCUT2D eigenvalue weighted by Gasteiger charge is -2.39. The largest absolute Gasteiger partial charge is 0.478 e. The van der Waals surface area contributed by atoms with Crippen LogP contribution in [-0.4, -0.2) is 65.4 Å². The smallest absolute Gasteiger partial charge is 0.331 e. The second-order valence-corrected chi connectivity index (χ2v) is 10.7. The highest BCUT2D eigenvalue weighted by Gasteiger charge is 2.36. The number of rotatable bonds is 14. The van der Waals surface area contributed by atoms with Crippen LogP contribution >= 0.6 is 0 Å². The summed E-state index contributed by atoms with van der Waals surface area (Å²) in [6.07, 6.45) is 2.40. The average Bonchev–Trinajstić information content (AvgIpc) is 2.86. The summed E-state index contributed by atoms with van der Waals surface area (Å²) in [5, 5.41) is 29.1. The Kier molecular flexibility index (Phi) is 11.3. The summed E-state index contributed by atoms with van der Waals surface area (Å²) in [4.78, 5) is 26.6. The van der Waals surface area contributed by atoms with Gasteiger partial charge in [-0.1, -0.05) is 89.6 Å². The van der Waals surface area contributed by atoms with E-state index < -0.39 is 17.6 Å². The molecule has 4 N–H and O–H groups in total. The van der Waals surface area contributed by atoms with Gasteiger partial charge in [-0.15, -0.1) is 0 Å². The van der Waals surface area contributed by atoms with Gasteiger partial charge in [0.1, 0.15) is 6.23 Å². The molecule has 7 heteroatoms. The Morgan fingerprint density at radius 1 is 1.11 bits per heavy atom. The summed E-state index contributed by atoms with van der Waals surface area (Å²) in [6.45, 7) is 12.2. The molecule has 2 aromatic rings. The van der Waals surface area contributed by atoms with E-state index in [1.165, 1.54) is 0 Å². The maximum Gasteiger partial charge on any atom is 0.331 e. The number of carboxylic acids is 1. The van der Waals surface area contributed by atoms with E-state index in [4.69, 9.17) is 0 Å². The minimum absolute atomic E-state index is 0.0388. The third kappa shape index (κ3) is 7.87. The molecule has 3 atom stereocenters. The molecule has 0 radical (unpaired) electrons. The van der Waals surface area contributed by atoms with Gasteiger partial charge in [-0.05, 0) is 42.6 Å². The van der Waals surface area contributed by atoms with E-state index in [0.29, 0.717) is 6.54 Å². The van der Waals surface area contributed by atoms with Crippen molar-refractivity contribution in [2.75, 3.05) is 20.1 Å². The highest BCUT2D eigenvalue weighted by atomic mass is 16.4. The third-order valence-corrected chi connectivity index (χ3v) is 7.23. The fraction of sp³-hybridized carbons (Fsp3) is 0.533. The Morgan fingerprint density at radius 3 is 2.32 bits per heavy atom. The fourth-order valence-electron chi connectivity index (χ4n) is 4.83. The second-order valence-electron chi connectivity index (χ2n) is 10.7. The number of unbranched alkanes of at least 4 members (excludes halogenated alkanes) is 1. The SMILES string of the molecule is CCCCN(C(=O)CNC(O)[C@@H](NC)C(C)(C)c1ccc2ccccc2c1)C(/C=C(\C)C(=O)O)C(C)C.